The molecule has 0 N–H and O–H groups in total. The molecule has 0 atom stereocenters. The summed E-state index contributed by atoms with van der Waals surface area (Å²) in [6.45, 7) is 0. The summed E-state index contributed by atoms with van der Waals surface area (Å²) < 4.78 is 12.9. The predicted molar refractivity (Wildman–Crippen MR) is 225 cm³/mol. The average Bonchev–Trinajstić information content (AvgIpc) is 3.81. The van der Waals surface area contributed by atoms with Gasteiger partial charge in [-0.1, -0.05) is 121 Å². The molecule has 0 unspecified atom stereocenters. The van der Waals surface area contributed by atoms with Crippen molar-refractivity contribution in [1.29, 1.82) is 0 Å². The van der Waals surface area contributed by atoms with Gasteiger partial charge in [0.25, 0.3) is 0 Å². The van der Waals surface area contributed by atoms with Gasteiger partial charge in [0.15, 0.2) is 0 Å². The van der Waals surface area contributed by atoms with E-state index in [1.807, 2.05) is 24.3 Å². The predicted octanol–water partition coefficient (Wildman–Crippen LogP) is 14.7. The van der Waals surface area contributed by atoms with Crippen molar-refractivity contribution in [1.82, 2.24) is 0 Å². The molecule has 11 rings (SSSR count). The Morgan fingerprint density at radius 2 is 0.759 bits per heavy atom. The Kier molecular flexibility index (Phi) is 6.82. The highest BCUT2D eigenvalue weighted by Crippen LogP contribution is 2.50. The largest absolute Gasteiger partial charge is 0.456 e. The van der Waals surface area contributed by atoms with Crippen LogP contribution in [0, 0.1) is 0 Å². The van der Waals surface area contributed by atoms with Gasteiger partial charge in [0, 0.05) is 33.2 Å². The van der Waals surface area contributed by atoms with E-state index in [2.05, 4.69) is 180 Å². The van der Waals surface area contributed by atoms with E-state index < -0.39 is 0 Å². The summed E-state index contributed by atoms with van der Waals surface area (Å²) in [6.07, 6.45) is 0. The molecule has 4 nitrogen and oxygen atoms in total. The van der Waals surface area contributed by atoms with E-state index in [0.29, 0.717) is 0 Å². The maximum Gasteiger partial charge on any atom is 0.137 e. The maximum atomic E-state index is 6.47. The van der Waals surface area contributed by atoms with Crippen molar-refractivity contribution in [3.05, 3.63) is 194 Å². The van der Waals surface area contributed by atoms with Gasteiger partial charge in [-0.05, 0) is 89.0 Å². The van der Waals surface area contributed by atoms with Crippen LogP contribution in [0.1, 0.15) is 0 Å². The normalized spacial score (nSPS) is 11.7. The third-order valence-corrected chi connectivity index (χ3v) is 10.6. The van der Waals surface area contributed by atoms with E-state index in [0.717, 1.165) is 83.4 Å². The second kappa shape index (κ2) is 12.1. The fourth-order valence-electron chi connectivity index (χ4n) is 8.29. The zero-order valence-corrected chi connectivity index (χ0v) is 29.2. The molecule has 0 saturated heterocycles. The topological polar surface area (TPSA) is 32.8 Å². The van der Waals surface area contributed by atoms with Gasteiger partial charge < -0.3 is 18.6 Å². The quantitative estimate of drug-likeness (QED) is 0.162. The first-order valence-corrected chi connectivity index (χ1v) is 18.3. The number of hydrogen-bond acceptors (Lipinski definition) is 4. The molecule has 0 radical (unpaired) electrons. The van der Waals surface area contributed by atoms with Gasteiger partial charge in [0.1, 0.15) is 22.3 Å². The van der Waals surface area contributed by atoms with Crippen molar-refractivity contribution in [3.63, 3.8) is 0 Å². The van der Waals surface area contributed by atoms with E-state index in [1.54, 1.807) is 0 Å². The smallest absolute Gasteiger partial charge is 0.137 e. The zero-order chi connectivity index (χ0) is 35.6. The van der Waals surface area contributed by atoms with Crippen LogP contribution in [0.15, 0.2) is 203 Å². The van der Waals surface area contributed by atoms with E-state index in [9.17, 15) is 0 Å². The minimum absolute atomic E-state index is 0.851. The summed E-state index contributed by atoms with van der Waals surface area (Å²) in [5.41, 5.74) is 9.73. The van der Waals surface area contributed by atoms with E-state index in [-0.39, 0.29) is 0 Å². The lowest BCUT2D eigenvalue weighted by molar-refractivity contribution is 0.668. The number of para-hydroxylation sites is 4. The summed E-state index contributed by atoms with van der Waals surface area (Å²) in [7, 11) is 0. The fourth-order valence-corrected chi connectivity index (χ4v) is 8.29. The second-order valence-corrected chi connectivity index (χ2v) is 13.7. The number of rotatable bonds is 6. The first kappa shape index (κ1) is 30.3. The summed E-state index contributed by atoms with van der Waals surface area (Å²) >= 11 is 0. The molecule has 254 valence electrons. The highest BCUT2D eigenvalue weighted by atomic mass is 16.3. The van der Waals surface area contributed by atoms with E-state index in [1.165, 1.54) is 16.2 Å². The highest BCUT2D eigenvalue weighted by Gasteiger charge is 2.25. The molecular weight excluding hydrogens is 661 g/mol. The molecule has 0 spiro atoms. The lowest BCUT2D eigenvalue weighted by Crippen LogP contribution is -2.14. The standard InChI is InChI=1S/C50H32N2O2/c1-3-16-35(17-4-1)51(41-23-13-27-46-49(41)39-21-9-11-25-44(39)53-46)37-31-34-30-29-33-15-7-8-20-38(33)48(34)43(32-37)52(36-18-5-2-6-19-36)42-24-14-28-47-50(42)40-22-10-12-26-45(40)54-47/h1-32H. The molecule has 2 heterocycles. The van der Waals surface area contributed by atoms with Gasteiger partial charge in [0.05, 0.1) is 27.8 Å². The average molecular weight is 693 g/mol. The van der Waals surface area contributed by atoms with Gasteiger partial charge >= 0.3 is 0 Å². The number of benzene rings is 9. The summed E-state index contributed by atoms with van der Waals surface area (Å²) in [4.78, 5) is 4.79. The lowest BCUT2D eigenvalue weighted by Gasteiger charge is -2.31. The molecule has 0 saturated carbocycles. The van der Waals surface area contributed by atoms with Crippen LogP contribution in [0.4, 0.5) is 34.1 Å². The molecule has 0 amide bonds. The van der Waals surface area contributed by atoms with Crippen LogP contribution in [0.25, 0.3) is 65.4 Å². The van der Waals surface area contributed by atoms with Crippen LogP contribution < -0.4 is 9.80 Å². The van der Waals surface area contributed by atoms with E-state index >= 15 is 0 Å². The number of furan rings is 2. The van der Waals surface area contributed by atoms with Crippen molar-refractivity contribution in [2.75, 3.05) is 9.80 Å². The Bertz CT molecular complexity index is 3180. The summed E-state index contributed by atoms with van der Waals surface area (Å²) in [5.74, 6) is 0. The first-order chi connectivity index (χ1) is 26.8. The number of hydrogen-bond donors (Lipinski definition) is 0. The van der Waals surface area contributed by atoms with Crippen LogP contribution in [0.3, 0.4) is 0 Å². The van der Waals surface area contributed by atoms with Crippen LogP contribution in [-0.2, 0) is 0 Å². The zero-order valence-electron chi connectivity index (χ0n) is 29.2. The Labute approximate surface area is 311 Å². The van der Waals surface area contributed by atoms with Crippen LogP contribution >= 0.6 is 0 Å². The van der Waals surface area contributed by atoms with Crippen molar-refractivity contribution < 1.29 is 8.83 Å². The molecule has 9 aromatic carbocycles. The summed E-state index contributed by atoms with van der Waals surface area (Å²) in [5, 5.41) is 9.00. The summed E-state index contributed by atoms with van der Waals surface area (Å²) in [6, 6.07) is 68.6. The molecule has 11 aromatic rings. The molecule has 0 aliphatic heterocycles. The molecule has 0 bridgehead atoms. The van der Waals surface area contributed by atoms with Crippen molar-refractivity contribution in [3.8, 4) is 0 Å². The Balaban J connectivity index is 1.28. The monoisotopic (exact) mass is 692 g/mol. The van der Waals surface area contributed by atoms with Gasteiger partial charge in [-0.3, -0.25) is 0 Å². The van der Waals surface area contributed by atoms with Gasteiger partial charge in [0.2, 0.25) is 0 Å². The molecule has 0 aliphatic carbocycles. The van der Waals surface area contributed by atoms with Gasteiger partial charge in [-0.25, -0.2) is 0 Å². The minimum Gasteiger partial charge on any atom is -0.456 e. The van der Waals surface area contributed by atoms with E-state index in [4.69, 9.17) is 8.83 Å². The molecule has 2 aromatic heterocycles. The molecule has 0 fully saturated rings. The Morgan fingerprint density at radius 3 is 1.39 bits per heavy atom. The number of anilines is 6. The molecule has 4 heteroatoms. The lowest BCUT2D eigenvalue weighted by atomic mass is 9.97. The van der Waals surface area contributed by atoms with Crippen LogP contribution in [0.5, 0.6) is 0 Å². The van der Waals surface area contributed by atoms with Crippen molar-refractivity contribution >= 4 is 99.5 Å². The third kappa shape index (κ3) is 4.70. The van der Waals surface area contributed by atoms with Crippen molar-refractivity contribution in [2.24, 2.45) is 0 Å². The number of nitrogens with zero attached hydrogens (tertiary/aromatic N) is 2. The third-order valence-electron chi connectivity index (χ3n) is 10.6. The van der Waals surface area contributed by atoms with Gasteiger partial charge in [-0.15, -0.1) is 0 Å². The molecule has 54 heavy (non-hydrogen) atoms. The van der Waals surface area contributed by atoms with Crippen molar-refractivity contribution in [2.45, 2.75) is 0 Å². The van der Waals surface area contributed by atoms with Gasteiger partial charge in [-0.2, -0.15) is 0 Å². The molecule has 0 aliphatic rings. The second-order valence-electron chi connectivity index (χ2n) is 13.7. The SMILES string of the molecule is c1ccc(N(c2cc(N(c3ccccc3)c3cccc4oc5ccccc5c34)c3c(ccc4ccccc43)c2)c2cccc3oc4ccccc4c23)cc1. The van der Waals surface area contributed by atoms with Crippen LogP contribution in [-0.4, -0.2) is 0 Å². The highest BCUT2D eigenvalue weighted by molar-refractivity contribution is 6.20. The first-order valence-electron chi connectivity index (χ1n) is 18.3. The Morgan fingerprint density at radius 1 is 0.278 bits per heavy atom. The fraction of sp³-hybridized carbons (Fsp3) is 0. The number of fused-ring (bicyclic) bond motifs is 9. The molecular formula is C50H32N2O2. The maximum absolute atomic E-state index is 6.47. The minimum atomic E-state index is 0.851. The van der Waals surface area contributed by atoms with Crippen LogP contribution in [0.2, 0.25) is 0 Å². The Hall–Kier alpha value is -7.30.